The first-order valence-electron chi connectivity index (χ1n) is 5.66. The first-order chi connectivity index (χ1) is 8.72. The van der Waals surface area contributed by atoms with Crippen molar-refractivity contribution in [2.24, 2.45) is 0 Å². The van der Waals surface area contributed by atoms with Crippen LogP contribution >= 0.6 is 11.3 Å². The summed E-state index contributed by atoms with van der Waals surface area (Å²) in [5.74, 6) is 0.550. The van der Waals surface area contributed by atoms with Gasteiger partial charge in [-0.05, 0) is 26.1 Å². The van der Waals surface area contributed by atoms with Gasteiger partial charge in [-0.2, -0.15) is 0 Å². The highest BCUT2D eigenvalue weighted by Gasteiger charge is 2.16. The predicted octanol–water partition coefficient (Wildman–Crippen LogP) is 1.66. The maximum absolute atomic E-state index is 11.9. The number of likely N-dealkylation sites (N-methyl/N-ethyl adjacent to an activating group) is 1. The minimum absolute atomic E-state index is 0.142. The molecule has 2 aromatic rings. The molecule has 0 spiro atoms. The molecule has 0 aromatic carbocycles. The second-order valence-electron chi connectivity index (χ2n) is 3.76. The van der Waals surface area contributed by atoms with Crippen LogP contribution in [-0.2, 0) is 0 Å². The van der Waals surface area contributed by atoms with E-state index in [1.165, 1.54) is 11.3 Å². The zero-order valence-electron chi connectivity index (χ0n) is 10.3. The molecule has 0 aliphatic rings. The van der Waals surface area contributed by atoms with Gasteiger partial charge in [0.1, 0.15) is 5.69 Å². The molecule has 0 bridgehead atoms. The van der Waals surface area contributed by atoms with Crippen molar-refractivity contribution >= 4 is 17.2 Å². The van der Waals surface area contributed by atoms with E-state index in [2.05, 4.69) is 15.6 Å². The molecule has 0 aliphatic heterocycles. The van der Waals surface area contributed by atoms with E-state index in [0.29, 0.717) is 18.0 Å². The lowest BCUT2D eigenvalue weighted by molar-refractivity contribution is 0.0949. The molecule has 96 valence electrons. The Hall–Kier alpha value is -1.66. The Bertz CT molecular complexity index is 519. The number of aromatic nitrogens is 1. The Balaban J connectivity index is 2.12. The molecule has 2 heterocycles. The van der Waals surface area contributed by atoms with Gasteiger partial charge in [0.2, 0.25) is 0 Å². The molecule has 0 saturated heterocycles. The molecule has 0 unspecified atom stereocenters. The third kappa shape index (κ3) is 2.77. The number of thiazole rings is 1. The summed E-state index contributed by atoms with van der Waals surface area (Å²) in [6, 6.07) is 3.64. The highest BCUT2D eigenvalue weighted by molar-refractivity contribution is 7.15. The van der Waals surface area contributed by atoms with Gasteiger partial charge in [0.15, 0.2) is 10.8 Å². The third-order valence-electron chi connectivity index (χ3n) is 2.40. The Labute approximate surface area is 109 Å². The van der Waals surface area contributed by atoms with Crippen LogP contribution in [0.2, 0.25) is 0 Å². The van der Waals surface area contributed by atoms with Crippen LogP contribution in [0.1, 0.15) is 15.4 Å². The number of carbonyl (C=O) groups excluding carboxylic acids is 1. The Morgan fingerprint density at radius 3 is 3.00 bits per heavy atom. The van der Waals surface area contributed by atoms with Gasteiger partial charge >= 0.3 is 0 Å². The number of amides is 1. The number of nitrogens with one attached hydrogen (secondary N) is 2. The van der Waals surface area contributed by atoms with Gasteiger partial charge in [0.05, 0.1) is 6.26 Å². The summed E-state index contributed by atoms with van der Waals surface area (Å²) in [6.45, 7) is 3.21. The minimum Gasteiger partial charge on any atom is -0.462 e. The van der Waals surface area contributed by atoms with Gasteiger partial charge in [0, 0.05) is 18.0 Å². The minimum atomic E-state index is -0.142. The van der Waals surface area contributed by atoms with Gasteiger partial charge in [-0.15, -0.1) is 11.3 Å². The molecule has 2 N–H and O–H groups in total. The van der Waals surface area contributed by atoms with Crippen molar-refractivity contribution in [3.8, 4) is 10.8 Å². The monoisotopic (exact) mass is 265 g/mol. The average molecular weight is 265 g/mol. The normalized spacial score (nSPS) is 10.6. The van der Waals surface area contributed by atoms with E-state index in [1.54, 1.807) is 12.3 Å². The van der Waals surface area contributed by atoms with E-state index in [1.807, 2.05) is 20.0 Å². The molecular formula is C12H15N3O2S. The van der Waals surface area contributed by atoms with E-state index in [-0.39, 0.29) is 5.91 Å². The summed E-state index contributed by atoms with van der Waals surface area (Å²) >= 11 is 1.46. The Morgan fingerprint density at radius 2 is 2.33 bits per heavy atom. The van der Waals surface area contributed by atoms with Crippen molar-refractivity contribution in [3.63, 3.8) is 0 Å². The van der Waals surface area contributed by atoms with Gasteiger partial charge < -0.3 is 15.1 Å². The van der Waals surface area contributed by atoms with Crippen molar-refractivity contribution < 1.29 is 9.21 Å². The largest absolute Gasteiger partial charge is 0.462 e. The van der Waals surface area contributed by atoms with Crippen molar-refractivity contribution in [2.45, 2.75) is 6.92 Å². The van der Waals surface area contributed by atoms with Gasteiger partial charge in [-0.1, -0.05) is 0 Å². The van der Waals surface area contributed by atoms with Crippen molar-refractivity contribution in [3.05, 3.63) is 29.0 Å². The molecule has 0 atom stereocenters. The highest BCUT2D eigenvalue weighted by Crippen LogP contribution is 2.27. The topological polar surface area (TPSA) is 67.2 Å². The lowest BCUT2D eigenvalue weighted by Crippen LogP contribution is -2.30. The number of rotatable bonds is 5. The first kappa shape index (κ1) is 12.8. The van der Waals surface area contributed by atoms with Crippen LogP contribution in [0.15, 0.2) is 22.8 Å². The summed E-state index contributed by atoms with van der Waals surface area (Å²) in [5.41, 5.74) is 0.475. The van der Waals surface area contributed by atoms with Crippen LogP contribution < -0.4 is 10.6 Å². The summed E-state index contributed by atoms with van der Waals surface area (Å²) in [7, 11) is 1.84. The Kier molecular flexibility index (Phi) is 4.11. The fourth-order valence-electron chi connectivity index (χ4n) is 1.50. The SMILES string of the molecule is CNCCNC(=O)c1nc(-c2ccco2)sc1C. The fourth-order valence-corrected chi connectivity index (χ4v) is 2.38. The molecule has 18 heavy (non-hydrogen) atoms. The molecule has 6 heteroatoms. The average Bonchev–Trinajstić information content (AvgIpc) is 2.97. The van der Waals surface area contributed by atoms with Crippen LogP contribution in [0.25, 0.3) is 10.8 Å². The number of nitrogens with zero attached hydrogens (tertiary/aromatic N) is 1. The molecule has 5 nitrogen and oxygen atoms in total. The second kappa shape index (κ2) is 5.79. The molecule has 0 saturated carbocycles. The number of furan rings is 1. The maximum Gasteiger partial charge on any atom is 0.271 e. The van der Waals surface area contributed by atoms with Crippen LogP contribution in [-0.4, -0.2) is 31.0 Å². The van der Waals surface area contributed by atoms with Crippen LogP contribution in [0.4, 0.5) is 0 Å². The van der Waals surface area contributed by atoms with E-state index >= 15 is 0 Å². The van der Waals surface area contributed by atoms with Crippen molar-refractivity contribution in [1.82, 2.24) is 15.6 Å². The van der Waals surface area contributed by atoms with Crippen LogP contribution in [0.5, 0.6) is 0 Å². The zero-order chi connectivity index (χ0) is 13.0. The molecule has 2 rings (SSSR count). The van der Waals surface area contributed by atoms with Gasteiger partial charge in [-0.25, -0.2) is 4.98 Å². The predicted molar refractivity (Wildman–Crippen MR) is 70.8 cm³/mol. The summed E-state index contributed by atoms with van der Waals surface area (Å²) in [4.78, 5) is 17.1. The van der Waals surface area contributed by atoms with Gasteiger partial charge in [0.25, 0.3) is 5.91 Å². The van der Waals surface area contributed by atoms with Gasteiger partial charge in [-0.3, -0.25) is 4.79 Å². The van der Waals surface area contributed by atoms with Crippen molar-refractivity contribution in [2.75, 3.05) is 20.1 Å². The smallest absolute Gasteiger partial charge is 0.271 e. The Morgan fingerprint density at radius 1 is 1.50 bits per heavy atom. The summed E-state index contributed by atoms with van der Waals surface area (Å²) < 4.78 is 5.27. The quantitative estimate of drug-likeness (QED) is 0.807. The van der Waals surface area contributed by atoms with E-state index < -0.39 is 0 Å². The number of carbonyl (C=O) groups is 1. The molecule has 0 radical (unpaired) electrons. The first-order valence-corrected chi connectivity index (χ1v) is 6.48. The highest BCUT2D eigenvalue weighted by atomic mass is 32.1. The van der Waals surface area contributed by atoms with E-state index in [9.17, 15) is 4.79 Å². The maximum atomic E-state index is 11.9. The number of aryl methyl sites for hydroxylation is 1. The van der Waals surface area contributed by atoms with E-state index in [0.717, 1.165) is 16.4 Å². The zero-order valence-corrected chi connectivity index (χ0v) is 11.1. The summed E-state index contributed by atoms with van der Waals surface area (Å²) in [5, 5.41) is 6.51. The molecule has 2 aromatic heterocycles. The standard InChI is InChI=1S/C12H15N3O2S/c1-8-10(11(16)14-6-5-13-2)15-12(18-8)9-4-3-7-17-9/h3-4,7,13H,5-6H2,1-2H3,(H,14,16). The molecule has 0 fully saturated rings. The molecular weight excluding hydrogens is 250 g/mol. The lowest BCUT2D eigenvalue weighted by Gasteiger charge is -2.02. The summed E-state index contributed by atoms with van der Waals surface area (Å²) in [6.07, 6.45) is 1.60. The third-order valence-corrected chi connectivity index (χ3v) is 3.39. The van der Waals surface area contributed by atoms with Crippen LogP contribution in [0.3, 0.4) is 0 Å². The van der Waals surface area contributed by atoms with Crippen molar-refractivity contribution in [1.29, 1.82) is 0 Å². The van der Waals surface area contributed by atoms with E-state index in [4.69, 9.17) is 4.42 Å². The number of hydrogen-bond donors (Lipinski definition) is 2. The van der Waals surface area contributed by atoms with Crippen LogP contribution in [0, 0.1) is 6.92 Å². The lowest BCUT2D eigenvalue weighted by atomic mass is 10.3. The second-order valence-corrected chi connectivity index (χ2v) is 4.96. The number of hydrogen-bond acceptors (Lipinski definition) is 5. The molecule has 1 amide bonds. The fraction of sp³-hybridized carbons (Fsp3) is 0.333. The molecule has 0 aliphatic carbocycles.